The highest BCUT2D eigenvalue weighted by Gasteiger charge is 2.35. The fourth-order valence-electron chi connectivity index (χ4n) is 7.84. The Morgan fingerprint density at radius 2 is 1.44 bits per heavy atom. The molecule has 0 fully saturated rings. The number of hydrogen-bond acceptors (Lipinski definition) is 3. The third-order valence-corrected chi connectivity index (χ3v) is 11.4. The first-order valence-corrected chi connectivity index (χ1v) is 17.0. The summed E-state index contributed by atoms with van der Waals surface area (Å²) in [6, 6.07) is 39.5. The van der Waals surface area contributed by atoms with Crippen LogP contribution in [0, 0.1) is 0 Å². The van der Waals surface area contributed by atoms with E-state index in [4.69, 9.17) is 4.98 Å². The van der Waals surface area contributed by atoms with Gasteiger partial charge >= 0.3 is 0 Å². The van der Waals surface area contributed by atoms with Crippen LogP contribution in [0.3, 0.4) is 0 Å². The molecule has 4 aromatic heterocycles. The van der Waals surface area contributed by atoms with Crippen molar-refractivity contribution in [1.29, 1.82) is 0 Å². The van der Waals surface area contributed by atoms with Gasteiger partial charge in [-0.05, 0) is 70.1 Å². The zero-order chi connectivity index (χ0) is 32.1. The van der Waals surface area contributed by atoms with Crippen molar-refractivity contribution in [3.63, 3.8) is 0 Å². The standard InChI is InChI=1S/C42H29FN4S/c1-42(2)33-13-4-6-15-36(33)48-39-34(42)19-18-30-31-12-8-20-44-41(31)47(38(30)39)27-10-7-9-25(23-27)37(43)26-16-17-28-29-11-3-5-14-35(29)46-22-21-45-40(46)32(28)24-26/h3-24,37H,1-2H3. The number of halogens is 1. The smallest absolute Gasteiger partial charge is 0.150 e. The molecular weight excluding hydrogens is 612 g/mol. The van der Waals surface area contributed by atoms with Crippen LogP contribution >= 0.6 is 11.8 Å². The summed E-state index contributed by atoms with van der Waals surface area (Å²) < 4.78 is 21.1. The number of benzene rings is 5. The Balaban J connectivity index is 1.16. The Morgan fingerprint density at radius 3 is 2.38 bits per heavy atom. The fraction of sp³-hybridized carbons (Fsp3) is 0.0952. The average molecular weight is 641 g/mol. The van der Waals surface area contributed by atoms with E-state index >= 15 is 4.39 Å². The molecule has 0 N–H and O–H groups in total. The van der Waals surface area contributed by atoms with Gasteiger partial charge in [0.05, 0.1) is 11.0 Å². The van der Waals surface area contributed by atoms with Crippen molar-refractivity contribution in [2.75, 3.05) is 0 Å². The van der Waals surface area contributed by atoms with Crippen LogP contribution in [0.15, 0.2) is 144 Å². The average Bonchev–Trinajstić information content (AvgIpc) is 3.76. The summed E-state index contributed by atoms with van der Waals surface area (Å²) in [5.74, 6) is 0. The number of rotatable bonds is 3. The summed E-state index contributed by atoms with van der Waals surface area (Å²) in [4.78, 5) is 12.0. The summed E-state index contributed by atoms with van der Waals surface area (Å²) >= 11 is 1.82. The number of aromatic nitrogens is 4. The molecule has 0 aliphatic carbocycles. The first-order valence-electron chi connectivity index (χ1n) is 16.2. The number of para-hydroxylation sites is 1. The number of imidazole rings is 1. The maximum absolute atomic E-state index is 16.8. The van der Waals surface area contributed by atoms with Gasteiger partial charge in [0.15, 0.2) is 6.17 Å². The Morgan fingerprint density at radius 1 is 0.646 bits per heavy atom. The molecule has 1 unspecified atom stereocenters. The van der Waals surface area contributed by atoms with Crippen LogP contribution < -0.4 is 0 Å². The molecule has 0 spiro atoms. The number of fused-ring (bicyclic) bond motifs is 12. The molecule has 230 valence electrons. The van der Waals surface area contributed by atoms with Crippen LogP contribution in [0.4, 0.5) is 4.39 Å². The van der Waals surface area contributed by atoms with Gasteiger partial charge in [-0.1, -0.05) is 98.4 Å². The van der Waals surface area contributed by atoms with E-state index in [9.17, 15) is 0 Å². The number of nitrogens with zero attached hydrogens (tertiary/aromatic N) is 4. The summed E-state index contributed by atoms with van der Waals surface area (Å²) in [7, 11) is 0. The van der Waals surface area contributed by atoms with Crippen LogP contribution in [0.1, 0.15) is 42.3 Å². The van der Waals surface area contributed by atoms with Crippen molar-refractivity contribution < 1.29 is 4.39 Å². The van der Waals surface area contributed by atoms with Gasteiger partial charge in [0, 0.05) is 61.0 Å². The van der Waals surface area contributed by atoms with Crippen molar-refractivity contribution in [1.82, 2.24) is 18.9 Å². The maximum atomic E-state index is 16.8. The molecule has 9 aromatic rings. The van der Waals surface area contributed by atoms with Crippen LogP contribution in [-0.2, 0) is 5.41 Å². The lowest BCUT2D eigenvalue weighted by Crippen LogP contribution is -2.24. The van der Waals surface area contributed by atoms with Crippen molar-refractivity contribution in [2.24, 2.45) is 0 Å². The maximum Gasteiger partial charge on any atom is 0.150 e. The third kappa shape index (κ3) is 3.78. The molecule has 0 saturated carbocycles. The highest BCUT2D eigenvalue weighted by Crippen LogP contribution is 2.52. The zero-order valence-corrected chi connectivity index (χ0v) is 27.2. The number of hydrogen-bond donors (Lipinski definition) is 0. The van der Waals surface area contributed by atoms with Crippen molar-refractivity contribution in [3.8, 4) is 5.69 Å². The second-order valence-corrected chi connectivity index (χ2v) is 14.2. The van der Waals surface area contributed by atoms with E-state index in [1.54, 1.807) is 6.20 Å². The minimum atomic E-state index is -1.33. The quantitative estimate of drug-likeness (QED) is 0.180. The Hall–Kier alpha value is -5.46. The van der Waals surface area contributed by atoms with Gasteiger partial charge in [-0.3, -0.25) is 8.97 Å². The largest absolute Gasteiger partial charge is 0.299 e. The lowest BCUT2D eigenvalue weighted by atomic mass is 9.77. The topological polar surface area (TPSA) is 35.1 Å². The summed E-state index contributed by atoms with van der Waals surface area (Å²) in [5.41, 5.74) is 8.43. The van der Waals surface area contributed by atoms with Gasteiger partial charge < -0.3 is 0 Å². The van der Waals surface area contributed by atoms with Gasteiger partial charge in [-0.2, -0.15) is 0 Å². The minimum Gasteiger partial charge on any atom is -0.299 e. The van der Waals surface area contributed by atoms with E-state index in [-0.39, 0.29) is 5.41 Å². The van der Waals surface area contributed by atoms with E-state index in [1.807, 2.05) is 78.8 Å². The van der Waals surface area contributed by atoms with E-state index in [0.29, 0.717) is 11.1 Å². The number of pyridine rings is 2. The first kappa shape index (κ1) is 27.6. The van der Waals surface area contributed by atoms with Crippen LogP contribution in [0.5, 0.6) is 0 Å². The van der Waals surface area contributed by atoms with Crippen molar-refractivity contribution >= 4 is 61.0 Å². The number of alkyl halides is 1. The zero-order valence-electron chi connectivity index (χ0n) is 26.4. The second-order valence-electron chi connectivity index (χ2n) is 13.2. The van der Waals surface area contributed by atoms with Crippen molar-refractivity contribution in [2.45, 2.75) is 35.2 Å². The van der Waals surface area contributed by atoms with E-state index in [0.717, 1.165) is 54.9 Å². The van der Waals surface area contributed by atoms with Crippen LogP contribution in [-0.4, -0.2) is 18.9 Å². The van der Waals surface area contributed by atoms with Crippen LogP contribution in [0.25, 0.3) is 54.9 Å². The van der Waals surface area contributed by atoms with Crippen LogP contribution in [0.2, 0.25) is 0 Å². The molecule has 0 bridgehead atoms. The molecule has 0 amide bonds. The van der Waals surface area contributed by atoms with Gasteiger partial charge in [0.25, 0.3) is 0 Å². The molecule has 10 rings (SSSR count). The predicted molar refractivity (Wildman–Crippen MR) is 194 cm³/mol. The second kappa shape index (κ2) is 10.0. The first-order chi connectivity index (χ1) is 23.5. The molecule has 48 heavy (non-hydrogen) atoms. The highest BCUT2D eigenvalue weighted by molar-refractivity contribution is 7.99. The summed E-state index contributed by atoms with van der Waals surface area (Å²) in [6.45, 7) is 4.61. The van der Waals surface area contributed by atoms with Gasteiger partial charge in [-0.25, -0.2) is 14.4 Å². The lowest BCUT2D eigenvalue weighted by Gasteiger charge is -2.35. The molecule has 4 nitrogen and oxygen atoms in total. The summed E-state index contributed by atoms with van der Waals surface area (Å²) in [6.07, 6.45) is 4.29. The Kier molecular flexibility index (Phi) is 5.77. The van der Waals surface area contributed by atoms with Gasteiger partial charge in [-0.15, -0.1) is 0 Å². The van der Waals surface area contributed by atoms with Gasteiger partial charge in [0.2, 0.25) is 0 Å². The SMILES string of the molecule is CC1(C)c2ccccc2Sc2c1ccc1c3cccnc3n(-c3cccc(C(F)c4ccc5c6ccccc6n6ccnc6c5c4)c3)c21. The molecule has 5 heterocycles. The molecule has 5 aromatic carbocycles. The summed E-state index contributed by atoms with van der Waals surface area (Å²) in [5, 5.41) is 5.35. The van der Waals surface area contributed by atoms with E-state index < -0.39 is 6.17 Å². The van der Waals surface area contributed by atoms with E-state index in [2.05, 4.69) is 88.5 Å². The lowest BCUT2D eigenvalue weighted by molar-refractivity contribution is 0.402. The van der Waals surface area contributed by atoms with Crippen molar-refractivity contribution in [3.05, 3.63) is 156 Å². The molecule has 0 radical (unpaired) electrons. The molecule has 1 atom stereocenters. The van der Waals surface area contributed by atoms with Gasteiger partial charge in [0.1, 0.15) is 11.3 Å². The fourth-order valence-corrected chi connectivity index (χ4v) is 9.37. The Labute approximate surface area is 280 Å². The highest BCUT2D eigenvalue weighted by atomic mass is 32.2. The normalized spacial score (nSPS) is 14.6. The predicted octanol–water partition coefficient (Wildman–Crippen LogP) is 11.0. The molecule has 6 heteroatoms. The monoisotopic (exact) mass is 640 g/mol. The van der Waals surface area contributed by atoms with E-state index in [1.165, 1.54) is 20.9 Å². The minimum absolute atomic E-state index is 0.173. The third-order valence-electron chi connectivity index (χ3n) is 10.2. The molecule has 1 aliphatic rings. The molecule has 0 saturated heterocycles. The molecule has 1 aliphatic heterocycles. The Bertz CT molecular complexity index is 2770. The molecular formula is C42H29FN4S.